The van der Waals surface area contributed by atoms with E-state index in [2.05, 4.69) is 4.98 Å². The fourth-order valence-corrected chi connectivity index (χ4v) is 3.57. The number of carbonyl (C=O) groups excluding carboxylic acids is 1. The van der Waals surface area contributed by atoms with E-state index in [1.165, 1.54) is 35.8 Å². The lowest BCUT2D eigenvalue weighted by molar-refractivity contribution is -0.385. The predicted molar refractivity (Wildman–Crippen MR) is 103 cm³/mol. The lowest BCUT2D eigenvalue weighted by atomic mass is 10.1. The Balaban J connectivity index is 1.81. The van der Waals surface area contributed by atoms with Crippen LogP contribution in [-0.2, 0) is 6.61 Å². The number of imidazole rings is 1. The topological polar surface area (TPSA) is 111 Å². The van der Waals surface area contributed by atoms with E-state index in [9.17, 15) is 20.0 Å². The highest BCUT2D eigenvalue weighted by Gasteiger charge is 2.19. The van der Waals surface area contributed by atoms with Gasteiger partial charge in [0.05, 0.1) is 34.7 Å². The van der Waals surface area contributed by atoms with Gasteiger partial charge in [-0.1, -0.05) is 6.07 Å². The van der Waals surface area contributed by atoms with Crippen LogP contribution in [0.15, 0.2) is 58.7 Å². The van der Waals surface area contributed by atoms with E-state index in [-0.39, 0.29) is 22.8 Å². The van der Waals surface area contributed by atoms with Crippen LogP contribution in [0, 0.1) is 10.1 Å². The molecule has 0 aliphatic rings. The van der Waals surface area contributed by atoms with Gasteiger partial charge in [-0.25, -0.2) is 4.98 Å². The van der Waals surface area contributed by atoms with Gasteiger partial charge in [0.15, 0.2) is 10.7 Å². The number of rotatable bonds is 6. The van der Waals surface area contributed by atoms with Gasteiger partial charge in [-0.05, 0) is 30.4 Å². The van der Waals surface area contributed by atoms with Crippen molar-refractivity contribution in [1.29, 1.82) is 0 Å². The minimum Gasteiger partial charge on any atom is -0.461 e. The number of aliphatic hydroxyl groups excluding tert-OH is 1. The number of thiazole rings is 1. The van der Waals surface area contributed by atoms with Crippen molar-refractivity contribution < 1.29 is 19.2 Å². The lowest BCUT2D eigenvalue weighted by Gasteiger charge is -2.04. The number of ketones is 1. The molecular weight excluding hydrogens is 382 g/mol. The third-order valence-corrected chi connectivity index (χ3v) is 4.94. The van der Waals surface area contributed by atoms with Crippen LogP contribution in [0.3, 0.4) is 0 Å². The molecule has 0 saturated carbocycles. The molecule has 0 saturated heterocycles. The fraction of sp³-hybridized carbons (Fsp3) is 0.0526. The Labute approximate surface area is 162 Å². The summed E-state index contributed by atoms with van der Waals surface area (Å²) in [5.41, 5.74) is 1.67. The number of fused-ring (bicyclic) bond motifs is 1. The van der Waals surface area contributed by atoms with E-state index >= 15 is 0 Å². The highest BCUT2D eigenvalue weighted by Crippen LogP contribution is 2.31. The third kappa shape index (κ3) is 3.13. The molecule has 0 radical (unpaired) electrons. The van der Waals surface area contributed by atoms with Gasteiger partial charge in [0.25, 0.3) is 5.69 Å². The maximum Gasteiger partial charge on any atom is 0.275 e. The Hall–Kier alpha value is -3.56. The zero-order valence-corrected chi connectivity index (χ0v) is 15.1. The van der Waals surface area contributed by atoms with E-state index in [4.69, 9.17) is 4.42 Å². The SMILES string of the molecule is O=C(/C=C/c1c(-c2ccc(CO)c([N+](=O)[O-])c2)nc2sccn12)c1ccco1. The summed E-state index contributed by atoms with van der Waals surface area (Å²) in [6, 6.07) is 7.74. The van der Waals surface area contributed by atoms with Gasteiger partial charge < -0.3 is 9.52 Å². The number of nitrogens with zero attached hydrogens (tertiary/aromatic N) is 3. The second-order valence-electron chi connectivity index (χ2n) is 5.83. The van der Waals surface area contributed by atoms with Crippen molar-refractivity contribution in [2.75, 3.05) is 0 Å². The number of aliphatic hydroxyl groups is 1. The van der Waals surface area contributed by atoms with E-state index in [1.54, 1.807) is 28.7 Å². The highest BCUT2D eigenvalue weighted by atomic mass is 32.1. The average Bonchev–Trinajstić information content (AvgIpc) is 3.43. The van der Waals surface area contributed by atoms with Crippen LogP contribution in [-0.4, -0.2) is 25.2 Å². The summed E-state index contributed by atoms with van der Waals surface area (Å²) in [5.74, 6) is -0.0884. The van der Waals surface area contributed by atoms with Crippen molar-refractivity contribution in [2.45, 2.75) is 6.61 Å². The summed E-state index contributed by atoms with van der Waals surface area (Å²) in [7, 11) is 0. The Morgan fingerprint density at radius 2 is 2.25 bits per heavy atom. The minimum atomic E-state index is -0.538. The van der Waals surface area contributed by atoms with Crippen LogP contribution in [0.4, 0.5) is 5.69 Å². The summed E-state index contributed by atoms with van der Waals surface area (Å²) < 4.78 is 6.90. The quantitative estimate of drug-likeness (QED) is 0.229. The van der Waals surface area contributed by atoms with Gasteiger partial charge in [-0.3, -0.25) is 19.3 Å². The van der Waals surface area contributed by atoms with Gasteiger partial charge >= 0.3 is 0 Å². The Morgan fingerprint density at radius 3 is 2.96 bits per heavy atom. The van der Waals surface area contributed by atoms with Crippen molar-refractivity contribution in [2.24, 2.45) is 0 Å². The first-order chi connectivity index (χ1) is 13.6. The number of carbonyl (C=O) groups is 1. The van der Waals surface area contributed by atoms with Crippen molar-refractivity contribution in [3.63, 3.8) is 0 Å². The van der Waals surface area contributed by atoms with E-state index in [1.807, 2.05) is 11.6 Å². The lowest BCUT2D eigenvalue weighted by Crippen LogP contribution is -1.97. The molecule has 1 N–H and O–H groups in total. The molecule has 0 aliphatic carbocycles. The number of nitro groups is 1. The standard InChI is InChI=1S/C19H13N3O5S/c23-11-13-4-3-12(10-15(13)22(25)26)18-14(21-7-9-28-19(21)20-18)5-6-16(24)17-2-1-8-27-17/h1-10,23H,11H2/b6-5+. The molecule has 140 valence electrons. The molecule has 0 bridgehead atoms. The summed E-state index contributed by atoms with van der Waals surface area (Å²) in [4.78, 5) is 28.2. The Morgan fingerprint density at radius 1 is 1.39 bits per heavy atom. The second-order valence-corrected chi connectivity index (χ2v) is 6.71. The van der Waals surface area contributed by atoms with Crippen LogP contribution in [0.2, 0.25) is 0 Å². The smallest absolute Gasteiger partial charge is 0.275 e. The number of hydrogen-bond donors (Lipinski definition) is 1. The number of allylic oxidation sites excluding steroid dienone is 1. The number of aromatic nitrogens is 2. The number of nitro benzene ring substituents is 1. The predicted octanol–water partition coefficient (Wildman–Crippen LogP) is 3.95. The average molecular weight is 395 g/mol. The first-order valence-electron chi connectivity index (χ1n) is 8.18. The largest absolute Gasteiger partial charge is 0.461 e. The number of benzene rings is 1. The van der Waals surface area contributed by atoms with Crippen molar-refractivity contribution in [1.82, 2.24) is 9.38 Å². The molecule has 1 aromatic carbocycles. The number of furan rings is 1. The monoisotopic (exact) mass is 395 g/mol. The molecule has 28 heavy (non-hydrogen) atoms. The van der Waals surface area contributed by atoms with Crippen molar-refractivity contribution in [3.05, 3.63) is 81.4 Å². The first kappa shape index (κ1) is 17.8. The Bertz CT molecular complexity index is 1200. The summed E-state index contributed by atoms with van der Waals surface area (Å²) in [5, 5.41) is 22.5. The molecule has 9 heteroatoms. The molecule has 0 aliphatic heterocycles. The maximum absolute atomic E-state index is 12.2. The molecule has 3 heterocycles. The van der Waals surface area contributed by atoms with Crippen LogP contribution < -0.4 is 0 Å². The van der Waals surface area contributed by atoms with Gasteiger partial charge in [-0.2, -0.15) is 0 Å². The molecule has 0 unspecified atom stereocenters. The first-order valence-corrected chi connectivity index (χ1v) is 9.06. The molecule has 4 rings (SSSR count). The molecule has 4 aromatic rings. The minimum absolute atomic E-state index is 0.182. The molecule has 0 spiro atoms. The maximum atomic E-state index is 12.2. The van der Waals surface area contributed by atoms with Crippen LogP contribution in [0.1, 0.15) is 21.8 Å². The highest BCUT2D eigenvalue weighted by molar-refractivity contribution is 7.15. The van der Waals surface area contributed by atoms with E-state index in [0.717, 1.165) is 0 Å². The van der Waals surface area contributed by atoms with Crippen LogP contribution in [0.25, 0.3) is 22.3 Å². The summed E-state index contributed by atoms with van der Waals surface area (Å²) >= 11 is 1.41. The number of hydrogen-bond acceptors (Lipinski definition) is 7. The van der Waals surface area contributed by atoms with Gasteiger partial charge in [0.2, 0.25) is 5.78 Å². The van der Waals surface area contributed by atoms with Gasteiger partial charge in [0.1, 0.15) is 0 Å². The van der Waals surface area contributed by atoms with Crippen LogP contribution >= 0.6 is 11.3 Å². The molecule has 0 atom stereocenters. The molecule has 3 aromatic heterocycles. The molecule has 8 nitrogen and oxygen atoms in total. The van der Waals surface area contributed by atoms with Crippen molar-refractivity contribution in [3.8, 4) is 11.3 Å². The Kier molecular flexibility index (Phi) is 4.60. The fourth-order valence-electron chi connectivity index (χ4n) is 2.85. The van der Waals surface area contributed by atoms with Gasteiger partial charge in [-0.15, -0.1) is 11.3 Å². The zero-order chi connectivity index (χ0) is 19.7. The van der Waals surface area contributed by atoms with E-state index < -0.39 is 11.5 Å². The normalized spacial score (nSPS) is 11.5. The second kappa shape index (κ2) is 7.22. The zero-order valence-electron chi connectivity index (χ0n) is 14.3. The van der Waals surface area contributed by atoms with Gasteiger partial charge in [0, 0.05) is 23.2 Å². The molecular formula is C19H13N3O5S. The molecule has 0 fully saturated rings. The third-order valence-electron chi connectivity index (χ3n) is 4.18. The summed E-state index contributed by atoms with van der Waals surface area (Å²) in [6.07, 6.45) is 6.22. The molecule has 0 amide bonds. The van der Waals surface area contributed by atoms with Crippen molar-refractivity contribution >= 4 is 33.8 Å². The summed E-state index contributed by atoms with van der Waals surface area (Å²) in [6.45, 7) is -0.431. The van der Waals surface area contributed by atoms with Crippen LogP contribution in [0.5, 0.6) is 0 Å². The van der Waals surface area contributed by atoms with E-state index in [0.29, 0.717) is 21.9 Å².